The first-order chi connectivity index (χ1) is 15.2. The largest absolute Gasteiger partial charge is 0.462 e. The third kappa shape index (κ3) is 4.44. The maximum Gasteiger partial charge on any atom is 0.338 e. The van der Waals surface area contributed by atoms with E-state index in [0.717, 1.165) is 9.21 Å². The average Bonchev–Trinajstić information content (AvgIpc) is 3.07. The maximum atomic E-state index is 13.4. The van der Waals surface area contributed by atoms with E-state index in [1.54, 1.807) is 32.0 Å². The predicted molar refractivity (Wildman–Crippen MR) is 119 cm³/mol. The number of sulfonamides is 1. The quantitative estimate of drug-likeness (QED) is 0.445. The van der Waals surface area contributed by atoms with Crippen LogP contribution in [0.1, 0.15) is 44.0 Å². The van der Waals surface area contributed by atoms with Crippen LogP contribution in [0.3, 0.4) is 0 Å². The number of rotatable bonds is 8. The van der Waals surface area contributed by atoms with Crippen molar-refractivity contribution in [3.8, 4) is 0 Å². The lowest BCUT2D eigenvalue weighted by molar-refractivity contribution is -0.122. The van der Waals surface area contributed by atoms with Gasteiger partial charge < -0.3 is 4.74 Å². The van der Waals surface area contributed by atoms with E-state index >= 15 is 0 Å². The van der Waals surface area contributed by atoms with Crippen LogP contribution >= 0.6 is 0 Å². The molecule has 0 N–H and O–H groups in total. The molecule has 2 atom stereocenters. The Morgan fingerprint density at radius 3 is 2.28 bits per heavy atom. The van der Waals surface area contributed by atoms with E-state index in [1.165, 1.54) is 36.4 Å². The summed E-state index contributed by atoms with van der Waals surface area (Å²) in [6.07, 6.45) is 0.215. The molecule has 3 rings (SSSR count). The van der Waals surface area contributed by atoms with E-state index in [4.69, 9.17) is 4.74 Å². The molecule has 2 amide bonds. The highest BCUT2D eigenvalue weighted by Crippen LogP contribution is 2.31. The molecule has 9 heteroatoms. The van der Waals surface area contributed by atoms with Gasteiger partial charge >= 0.3 is 5.97 Å². The van der Waals surface area contributed by atoms with Crippen molar-refractivity contribution < 1.29 is 27.5 Å². The van der Waals surface area contributed by atoms with Crippen molar-refractivity contribution in [2.45, 2.75) is 50.6 Å². The molecule has 32 heavy (non-hydrogen) atoms. The number of imide groups is 1. The van der Waals surface area contributed by atoms with Crippen LogP contribution in [0.5, 0.6) is 0 Å². The van der Waals surface area contributed by atoms with Crippen molar-refractivity contribution in [2.75, 3.05) is 11.5 Å². The summed E-state index contributed by atoms with van der Waals surface area (Å²) < 4.78 is 32.9. The van der Waals surface area contributed by atoms with E-state index in [-0.39, 0.29) is 23.6 Å². The molecule has 0 aromatic heterocycles. The van der Waals surface area contributed by atoms with Crippen LogP contribution in [0.2, 0.25) is 0 Å². The molecule has 2 unspecified atom stereocenters. The van der Waals surface area contributed by atoms with E-state index in [2.05, 4.69) is 0 Å². The lowest BCUT2D eigenvalue weighted by Crippen LogP contribution is -2.49. The first kappa shape index (κ1) is 23.6. The third-order valence-electron chi connectivity index (χ3n) is 5.41. The van der Waals surface area contributed by atoms with Gasteiger partial charge in [0.05, 0.1) is 29.2 Å². The normalized spacial score (nSPS) is 17.6. The Morgan fingerprint density at radius 2 is 1.72 bits per heavy atom. The number of esters is 1. The van der Waals surface area contributed by atoms with Gasteiger partial charge in [-0.25, -0.2) is 18.1 Å². The summed E-state index contributed by atoms with van der Waals surface area (Å²) in [5, 5.41) is 0. The summed E-state index contributed by atoms with van der Waals surface area (Å²) in [6, 6.07) is 12.1. The summed E-state index contributed by atoms with van der Waals surface area (Å²) in [5.74, 6) is -1.62. The fraction of sp³-hybridized carbons (Fsp3) is 0.348. The van der Waals surface area contributed by atoms with Gasteiger partial charge in [0.2, 0.25) is 15.9 Å². The van der Waals surface area contributed by atoms with Crippen molar-refractivity contribution in [1.29, 1.82) is 0 Å². The van der Waals surface area contributed by atoms with Gasteiger partial charge in [0.1, 0.15) is 6.04 Å². The zero-order valence-corrected chi connectivity index (χ0v) is 19.0. The standard InChI is InChI=1S/C23H26N2O6S/c1-4-16(3)25(32(29,30)19-9-7-6-8-10-19)20-15-21(26)24(22(20)27)18-13-11-17(12-14-18)23(28)31-5-2/h6-14,16,20H,4-5,15H2,1-3H3. The van der Waals surface area contributed by atoms with Crippen molar-refractivity contribution in [1.82, 2.24) is 4.31 Å². The SMILES string of the molecule is CCOC(=O)c1ccc(N2C(=O)CC(N(C(C)CC)S(=O)(=O)c3ccccc3)C2=O)cc1. The van der Waals surface area contributed by atoms with Crippen LogP contribution in [-0.4, -0.2) is 49.2 Å². The first-order valence-electron chi connectivity index (χ1n) is 10.4. The van der Waals surface area contributed by atoms with Crippen LogP contribution < -0.4 is 4.90 Å². The third-order valence-corrected chi connectivity index (χ3v) is 7.45. The number of ether oxygens (including phenoxy) is 1. The molecule has 1 aliphatic heterocycles. The van der Waals surface area contributed by atoms with Crippen LogP contribution in [0.4, 0.5) is 5.69 Å². The number of anilines is 1. The van der Waals surface area contributed by atoms with Crippen molar-refractivity contribution in [3.63, 3.8) is 0 Å². The zero-order valence-electron chi connectivity index (χ0n) is 18.2. The molecule has 1 aliphatic rings. The Kier molecular flexibility index (Phi) is 7.10. The number of nitrogens with zero attached hydrogens (tertiary/aromatic N) is 2. The van der Waals surface area contributed by atoms with Gasteiger partial charge in [-0.1, -0.05) is 25.1 Å². The first-order valence-corrected chi connectivity index (χ1v) is 11.9. The van der Waals surface area contributed by atoms with Gasteiger partial charge in [0.15, 0.2) is 0 Å². The van der Waals surface area contributed by atoms with Gasteiger partial charge in [-0.3, -0.25) is 9.59 Å². The molecule has 1 heterocycles. The number of carbonyl (C=O) groups excluding carboxylic acids is 3. The van der Waals surface area contributed by atoms with Crippen molar-refractivity contribution >= 4 is 33.5 Å². The van der Waals surface area contributed by atoms with Crippen LogP contribution in [0.15, 0.2) is 59.5 Å². The smallest absolute Gasteiger partial charge is 0.338 e. The number of amides is 2. The van der Waals surface area contributed by atoms with E-state index in [9.17, 15) is 22.8 Å². The molecule has 0 saturated carbocycles. The molecule has 0 bridgehead atoms. The number of benzene rings is 2. The monoisotopic (exact) mass is 458 g/mol. The second kappa shape index (κ2) is 9.62. The second-order valence-corrected chi connectivity index (χ2v) is 9.30. The zero-order chi connectivity index (χ0) is 23.5. The summed E-state index contributed by atoms with van der Waals surface area (Å²) in [5.41, 5.74) is 0.566. The molecule has 1 saturated heterocycles. The molecular formula is C23H26N2O6S. The minimum atomic E-state index is -4.01. The van der Waals surface area contributed by atoms with Crippen molar-refractivity contribution in [2.24, 2.45) is 0 Å². The molecule has 0 spiro atoms. The molecular weight excluding hydrogens is 432 g/mol. The Morgan fingerprint density at radius 1 is 1.09 bits per heavy atom. The molecule has 8 nitrogen and oxygen atoms in total. The Bertz CT molecular complexity index is 1100. The summed E-state index contributed by atoms with van der Waals surface area (Å²) >= 11 is 0. The van der Waals surface area contributed by atoms with Gasteiger partial charge in [0, 0.05) is 6.04 Å². The van der Waals surface area contributed by atoms with Gasteiger partial charge in [-0.05, 0) is 56.7 Å². The van der Waals surface area contributed by atoms with Crippen LogP contribution in [-0.2, 0) is 24.3 Å². The minimum Gasteiger partial charge on any atom is -0.462 e. The van der Waals surface area contributed by atoms with Gasteiger partial charge in [-0.2, -0.15) is 4.31 Å². The number of hydrogen-bond acceptors (Lipinski definition) is 6. The highest BCUT2D eigenvalue weighted by Gasteiger charge is 2.48. The second-order valence-electron chi connectivity index (χ2n) is 7.46. The molecule has 1 fully saturated rings. The minimum absolute atomic E-state index is 0.0674. The van der Waals surface area contributed by atoms with Crippen LogP contribution in [0, 0.1) is 0 Å². The average molecular weight is 459 g/mol. The Balaban J connectivity index is 1.94. The Hall–Kier alpha value is -3.04. The lowest BCUT2D eigenvalue weighted by Gasteiger charge is -2.31. The van der Waals surface area contributed by atoms with E-state index in [0.29, 0.717) is 12.0 Å². The summed E-state index contributed by atoms with van der Waals surface area (Å²) in [6.45, 7) is 5.47. The van der Waals surface area contributed by atoms with Gasteiger partial charge in [0.25, 0.3) is 5.91 Å². The molecule has 2 aromatic carbocycles. The predicted octanol–water partition coefficient (Wildman–Crippen LogP) is 2.98. The topological polar surface area (TPSA) is 101 Å². The van der Waals surface area contributed by atoms with Crippen molar-refractivity contribution in [3.05, 3.63) is 60.2 Å². The van der Waals surface area contributed by atoms with Crippen LogP contribution in [0.25, 0.3) is 0 Å². The van der Waals surface area contributed by atoms with E-state index in [1.807, 2.05) is 6.92 Å². The highest BCUT2D eigenvalue weighted by molar-refractivity contribution is 7.89. The highest BCUT2D eigenvalue weighted by atomic mass is 32.2. The fourth-order valence-electron chi connectivity index (χ4n) is 3.65. The fourth-order valence-corrected chi connectivity index (χ4v) is 5.52. The summed E-state index contributed by atoms with van der Waals surface area (Å²) in [7, 11) is -4.01. The molecule has 170 valence electrons. The number of carbonyl (C=O) groups is 3. The molecule has 0 radical (unpaired) electrons. The number of hydrogen-bond donors (Lipinski definition) is 0. The van der Waals surface area contributed by atoms with Gasteiger partial charge in [-0.15, -0.1) is 0 Å². The summed E-state index contributed by atoms with van der Waals surface area (Å²) in [4.78, 5) is 39.0. The maximum absolute atomic E-state index is 13.4. The van der Waals surface area contributed by atoms with E-state index < -0.39 is 39.9 Å². The Labute approximate surface area is 187 Å². The lowest BCUT2D eigenvalue weighted by atomic mass is 10.2. The molecule has 2 aromatic rings. The molecule has 0 aliphatic carbocycles.